The fourth-order valence-electron chi connectivity index (χ4n) is 2.80. The molecule has 1 rings (SSSR count). The van der Waals surface area contributed by atoms with Crippen LogP contribution in [0.25, 0.3) is 0 Å². The summed E-state index contributed by atoms with van der Waals surface area (Å²) < 4.78 is 9.60. The second-order valence-corrected chi connectivity index (χ2v) is 8.89. The molecule has 0 aromatic heterocycles. The molecule has 1 N–H and O–H groups in total. The first-order chi connectivity index (χ1) is 12.1. The average molecular weight is 390 g/mol. The van der Waals surface area contributed by atoms with Gasteiger partial charge in [0.1, 0.15) is 6.04 Å². The Balaban J connectivity index is 2.40. The van der Waals surface area contributed by atoms with Gasteiger partial charge in [0.05, 0.1) is 5.88 Å². The van der Waals surface area contributed by atoms with E-state index in [-0.39, 0.29) is 12.3 Å². The third-order valence-electron chi connectivity index (χ3n) is 4.60. The van der Waals surface area contributed by atoms with Crippen LogP contribution in [0.5, 0.6) is 0 Å². The maximum Gasteiger partial charge on any atom is 0.414 e. The lowest BCUT2D eigenvalue weighted by molar-refractivity contribution is -0.167. The van der Waals surface area contributed by atoms with Crippen LogP contribution in [0.3, 0.4) is 0 Å². The fraction of sp³-hybridized carbons (Fsp3) is 0.833. The van der Waals surface area contributed by atoms with Gasteiger partial charge >= 0.3 is 18.0 Å². The first-order valence-electron chi connectivity index (χ1n) is 9.12. The summed E-state index contributed by atoms with van der Waals surface area (Å²) in [4.78, 5) is 36.7. The summed E-state index contributed by atoms with van der Waals surface area (Å²) in [6.45, 7) is 9.32. The van der Waals surface area contributed by atoms with E-state index in [0.29, 0.717) is 5.92 Å². The molecule has 1 aliphatic rings. The quantitative estimate of drug-likeness (QED) is 0.363. The Morgan fingerprint density at radius 3 is 2.46 bits per heavy atom. The van der Waals surface area contributed by atoms with E-state index in [9.17, 15) is 19.5 Å². The molecule has 7 nitrogen and oxygen atoms in total. The molecular weight excluding hydrogens is 358 g/mol. The number of carbonyl (C=O) groups excluding carboxylic acids is 2. The number of rotatable bonds is 9. The van der Waals surface area contributed by atoms with Gasteiger partial charge < -0.3 is 14.6 Å². The summed E-state index contributed by atoms with van der Waals surface area (Å²) in [5.41, 5.74) is 0. The Kier molecular flexibility index (Phi) is 8.73. The standard InChI is InChI=1S/C18H31NO6S/c1-6-12(2)9-7-8-10-14(20)24-13(3)25-17(23)19-11-26-18(4,5)15(19)16(21)22/h12-13,15H,6-11H2,1-5H3,(H,21,22). The number of esters is 1. The number of carboxylic acids is 1. The van der Waals surface area contributed by atoms with E-state index in [1.807, 2.05) is 0 Å². The number of unbranched alkanes of at least 4 members (excludes halogenated alkanes) is 1. The molecule has 3 unspecified atom stereocenters. The van der Waals surface area contributed by atoms with Gasteiger partial charge in [-0.05, 0) is 26.2 Å². The maximum atomic E-state index is 12.2. The lowest BCUT2D eigenvalue weighted by atomic mass is 10.0. The molecule has 1 saturated heterocycles. The topological polar surface area (TPSA) is 93.1 Å². The van der Waals surface area contributed by atoms with Crippen LogP contribution in [0.1, 0.15) is 66.7 Å². The molecule has 0 aromatic rings. The molecular formula is C18H31NO6S. The summed E-state index contributed by atoms with van der Waals surface area (Å²) in [6.07, 6.45) is 2.34. The molecule has 1 heterocycles. The van der Waals surface area contributed by atoms with E-state index in [1.54, 1.807) is 13.8 Å². The van der Waals surface area contributed by atoms with Crippen LogP contribution < -0.4 is 0 Å². The molecule has 3 atom stereocenters. The second kappa shape index (κ2) is 10.0. The first-order valence-corrected chi connectivity index (χ1v) is 10.1. The molecule has 1 fully saturated rings. The SMILES string of the molecule is CCC(C)CCCCC(=O)OC(C)OC(=O)N1CSC(C)(C)C1C(=O)O. The van der Waals surface area contributed by atoms with Gasteiger partial charge in [-0.15, -0.1) is 11.8 Å². The Hall–Kier alpha value is -1.44. The summed E-state index contributed by atoms with van der Waals surface area (Å²) >= 11 is 1.37. The second-order valence-electron chi connectivity index (χ2n) is 7.29. The van der Waals surface area contributed by atoms with Gasteiger partial charge in [0.25, 0.3) is 0 Å². The third kappa shape index (κ3) is 6.70. The molecule has 0 bridgehead atoms. The summed E-state index contributed by atoms with van der Waals surface area (Å²) in [6, 6.07) is -0.983. The molecule has 1 amide bonds. The van der Waals surface area contributed by atoms with Crippen LogP contribution >= 0.6 is 11.8 Å². The molecule has 0 aromatic carbocycles. The van der Waals surface area contributed by atoms with Crippen molar-refractivity contribution in [3.05, 3.63) is 0 Å². The van der Waals surface area contributed by atoms with Crippen molar-refractivity contribution in [2.45, 2.75) is 83.8 Å². The molecule has 26 heavy (non-hydrogen) atoms. The summed E-state index contributed by atoms with van der Waals surface area (Å²) in [7, 11) is 0. The van der Waals surface area contributed by atoms with E-state index in [4.69, 9.17) is 9.47 Å². The van der Waals surface area contributed by atoms with E-state index in [1.165, 1.54) is 18.7 Å². The van der Waals surface area contributed by atoms with Gasteiger partial charge in [-0.25, -0.2) is 9.59 Å². The predicted octanol–water partition coefficient (Wildman–Crippen LogP) is 3.86. The number of carbonyl (C=O) groups is 3. The van der Waals surface area contributed by atoms with Crippen LogP contribution in [0, 0.1) is 5.92 Å². The maximum absolute atomic E-state index is 12.2. The molecule has 0 radical (unpaired) electrons. The highest BCUT2D eigenvalue weighted by Crippen LogP contribution is 2.39. The van der Waals surface area contributed by atoms with Crippen molar-refractivity contribution < 1.29 is 29.0 Å². The zero-order chi connectivity index (χ0) is 19.9. The van der Waals surface area contributed by atoms with Crippen molar-refractivity contribution in [1.82, 2.24) is 4.90 Å². The normalized spacial score (nSPS) is 21.1. The number of thioether (sulfide) groups is 1. The predicted molar refractivity (Wildman–Crippen MR) is 99.8 cm³/mol. The highest BCUT2D eigenvalue weighted by molar-refractivity contribution is 8.00. The monoisotopic (exact) mass is 389 g/mol. The first kappa shape index (κ1) is 22.6. The van der Waals surface area contributed by atoms with Crippen LogP contribution in [-0.2, 0) is 19.1 Å². The number of hydrogen-bond donors (Lipinski definition) is 1. The molecule has 1 aliphatic heterocycles. The Morgan fingerprint density at radius 1 is 1.23 bits per heavy atom. The van der Waals surface area contributed by atoms with Gasteiger partial charge in [0.2, 0.25) is 6.29 Å². The van der Waals surface area contributed by atoms with E-state index >= 15 is 0 Å². The molecule has 0 spiro atoms. The molecule has 0 saturated carbocycles. The van der Waals surface area contributed by atoms with E-state index in [0.717, 1.165) is 30.6 Å². The minimum absolute atomic E-state index is 0.221. The van der Waals surface area contributed by atoms with Crippen molar-refractivity contribution in [2.24, 2.45) is 5.92 Å². The largest absolute Gasteiger partial charge is 0.480 e. The van der Waals surface area contributed by atoms with Crippen molar-refractivity contribution in [3.63, 3.8) is 0 Å². The minimum atomic E-state index is -1.08. The van der Waals surface area contributed by atoms with Crippen molar-refractivity contribution in [3.8, 4) is 0 Å². The van der Waals surface area contributed by atoms with Crippen LogP contribution in [0.4, 0.5) is 4.79 Å². The average Bonchev–Trinajstić information content (AvgIpc) is 2.86. The van der Waals surface area contributed by atoms with Crippen LogP contribution in [-0.4, -0.2) is 51.0 Å². The number of nitrogens with zero attached hydrogens (tertiary/aromatic N) is 1. The number of hydrogen-bond acceptors (Lipinski definition) is 6. The summed E-state index contributed by atoms with van der Waals surface area (Å²) in [5.74, 6) is -0.627. The van der Waals surface area contributed by atoms with Gasteiger partial charge in [0.15, 0.2) is 0 Å². The van der Waals surface area contributed by atoms with Gasteiger partial charge in [0, 0.05) is 18.1 Å². The van der Waals surface area contributed by atoms with E-state index < -0.39 is 35.1 Å². The Bertz CT molecular complexity index is 510. The lowest BCUT2D eigenvalue weighted by Crippen LogP contribution is -2.49. The number of carboxylic acid groups (broad SMARTS) is 1. The minimum Gasteiger partial charge on any atom is -0.480 e. The third-order valence-corrected chi connectivity index (χ3v) is 5.98. The number of aliphatic carboxylic acids is 1. The highest BCUT2D eigenvalue weighted by Gasteiger charge is 2.49. The van der Waals surface area contributed by atoms with Crippen LogP contribution in [0.2, 0.25) is 0 Å². The Morgan fingerprint density at radius 2 is 1.88 bits per heavy atom. The number of ether oxygens (including phenoxy) is 2. The summed E-state index contributed by atoms with van der Waals surface area (Å²) in [5, 5.41) is 9.38. The zero-order valence-electron chi connectivity index (χ0n) is 16.3. The molecule has 8 heteroatoms. The molecule has 0 aliphatic carbocycles. The van der Waals surface area contributed by atoms with E-state index in [2.05, 4.69) is 13.8 Å². The fourth-order valence-corrected chi connectivity index (χ4v) is 3.91. The lowest BCUT2D eigenvalue weighted by Gasteiger charge is -2.27. The van der Waals surface area contributed by atoms with Crippen LogP contribution in [0.15, 0.2) is 0 Å². The van der Waals surface area contributed by atoms with Crippen molar-refractivity contribution >= 4 is 29.8 Å². The Labute approximate surface area is 159 Å². The zero-order valence-corrected chi connectivity index (χ0v) is 17.1. The van der Waals surface area contributed by atoms with Crippen molar-refractivity contribution in [2.75, 3.05) is 5.88 Å². The number of amides is 1. The van der Waals surface area contributed by atoms with Gasteiger partial charge in [-0.1, -0.05) is 33.1 Å². The van der Waals surface area contributed by atoms with Crippen molar-refractivity contribution in [1.29, 1.82) is 0 Å². The van der Waals surface area contributed by atoms with Gasteiger partial charge in [-0.3, -0.25) is 9.69 Å². The van der Waals surface area contributed by atoms with Gasteiger partial charge in [-0.2, -0.15) is 0 Å². The smallest absolute Gasteiger partial charge is 0.414 e. The highest BCUT2D eigenvalue weighted by atomic mass is 32.2. The molecule has 150 valence electrons.